The van der Waals surface area contributed by atoms with Crippen LogP contribution in [0.15, 0.2) is 24.3 Å². The molecule has 1 atom stereocenters. The van der Waals surface area contributed by atoms with Crippen molar-refractivity contribution in [1.82, 2.24) is 0 Å². The SMILES string of the molecule is CC(=N)SC(C)c1cccc(NC(C)=O)c1. The first-order chi connectivity index (χ1) is 7.49. The van der Waals surface area contributed by atoms with Crippen LogP contribution in [0.2, 0.25) is 0 Å². The summed E-state index contributed by atoms with van der Waals surface area (Å²) in [4.78, 5) is 10.9. The number of benzene rings is 1. The first-order valence-corrected chi connectivity index (χ1v) is 5.96. The summed E-state index contributed by atoms with van der Waals surface area (Å²) < 4.78 is 0. The Kier molecular flexibility index (Phi) is 4.55. The van der Waals surface area contributed by atoms with Crippen LogP contribution >= 0.6 is 11.8 Å². The number of hydrogen-bond donors (Lipinski definition) is 2. The van der Waals surface area contributed by atoms with Gasteiger partial charge in [-0.2, -0.15) is 0 Å². The van der Waals surface area contributed by atoms with E-state index in [9.17, 15) is 4.79 Å². The fourth-order valence-corrected chi connectivity index (χ4v) is 2.22. The van der Waals surface area contributed by atoms with Gasteiger partial charge in [0.25, 0.3) is 0 Å². The summed E-state index contributed by atoms with van der Waals surface area (Å²) >= 11 is 1.51. The lowest BCUT2D eigenvalue weighted by molar-refractivity contribution is -0.114. The van der Waals surface area contributed by atoms with E-state index >= 15 is 0 Å². The third kappa shape index (κ3) is 4.06. The standard InChI is InChI=1S/C12H16N2OS/c1-8(16-9(2)13)11-5-4-6-12(7-11)14-10(3)15/h4-8,13H,1-3H3,(H,14,15). The second-order valence-corrected chi connectivity index (χ2v) is 5.18. The van der Waals surface area contributed by atoms with Gasteiger partial charge in [0.1, 0.15) is 0 Å². The Balaban J connectivity index is 2.80. The molecule has 4 heteroatoms. The summed E-state index contributed by atoms with van der Waals surface area (Å²) in [6.45, 7) is 5.32. The Morgan fingerprint density at radius 2 is 2.12 bits per heavy atom. The van der Waals surface area contributed by atoms with Gasteiger partial charge in [-0.1, -0.05) is 12.1 Å². The average molecular weight is 236 g/mol. The van der Waals surface area contributed by atoms with E-state index in [0.717, 1.165) is 11.3 Å². The van der Waals surface area contributed by atoms with Crippen LogP contribution in [-0.2, 0) is 4.79 Å². The van der Waals surface area contributed by atoms with Gasteiger partial charge in [0, 0.05) is 17.9 Å². The quantitative estimate of drug-likeness (QED) is 0.624. The molecule has 0 saturated carbocycles. The molecule has 0 aromatic heterocycles. The van der Waals surface area contributed by atoms with Gasteiger partial charge in [0.2, 0.25) is 5.91 Å². The maximum Gasteiger partial charge on any atom is 0.221 e. The van der Waals surface area contributed by atoms with Crippen LogP contribution in [-0.4, -0.2) is 11.0 Å². The van der Waals surface area contributed by atoms with Crippen molar-refractivity contribution >= 4 is 28.4 Å². The van der Waals surface area contributed by atoms with E-state index in [1.165, 1.54) is 18.7 Å². The largest absolute Gasteiger partial charge is 0.326 e. The summed E-state index contributed by atoms with van der Waals surface area (Å²) in [6.07, 6.45) is 0. The highest BCUT2D eigenvalue weighted by Gasteiger charge is 2.07. The highest BCUT2D eigenvalue weighted by molar-refractivity contribution is 8.13. The molecule has 0 bridgehead atoms. The lowest BCUT2D eigenvalue weighted by Gasteiger charge is -2.12. The number of anilines is 1. The van der Waals surface area contributed by atoms with Crippen molar-refractivity contribution in [3.63, 3.8) is 0 Å². The molecule has 1 aromatic rings. The normalized spacial score (nSPS) is 11.9. The zero-order valence-electron chi connectivity index (χ0n) is 9.70. The molecule has 0 saturated heterocycles. The molecule has 1 unspecified atom stereocenters. The molecule has 0 aliphatic carbocycles. The maximum absolute atomic E-state index is 10.9. The van der Waals surface area contributed by atoms with Crippen LogP contribution < -0.4 is 5.32 Å². The minimum Gasteiger partial charge on any atom is -0.326 e. The number of carbonyl (C=O) groups is 1. The molecular formula is C12H16N2OS. The van der Waals surface area contributed by atoms with Crippen molar-refractivity contribution in [2.24, 2.45) is 0 Å². The Bertz CT molecular complexity index is 404. The van der Waals surface area contributed by atoms with Crippen LogP contribution in [0, 0.1) is 5.41 Å². The second kappa shape index (κ2) is 5.70. The summed E-state index contributed by atoms with van der Waals surface area (Å²) in [6, 6.07) is 7.73. The molecule has 3 nitrogen and oxygen atoms in total. The van der Waals surface area contributed by atoms with Gasteiger partial charge in [0.05, 0.1) is 5.04 Å². The minimum atomic E-state index is -0.0688. The van der Waals surface area contributed by atoms with Gasteiger partial charge in [-0.25, -0.2) is 0 Å². The summed E-state index contributed by atoms with van der Waals surface area (Å²) in [7, 11) is 0. The second-order valence-electron chi connectivity index (χ2n) is 3.62. The van der Waals surface area contributed by atoms with Gasteiger partial charge in [-0.15, -0.1) is 11.8 Å². The first-order valence-electron chi connectivity index (χ1n) is 5.08. The van der Waals surface area contributed by atoms with Gasteiger partial charge in [-0.3, -0.25) is 10.2 Å². The molecule has 0 heterocycles. The van der Waals surface area contributed by atoms with Crippen LogP contribution in [0.5, 0.6) is 0 Å². The van der Waals surface area contributed by atoms with Crippen molar-refractivity contribution < 1.29 is 4.79 Å². The van der Waals surface area contributed by atoms with Crippen molar-refractivity contribution in [2.75, 3.05) is 5.32 Å². The Morgan fingerprint density at radius 3 is 2.69 bits per heavy atom. The third-order valence-corrected chi connectivity index (χ3v) is 3.01. The average Bonchev–Trinajstić information content (AvgIpc) is 2.16. The van der Waals surface area contributed by atoms with Crippen LogP contribution in [0.1, 0.15) is 31.6 Å². The van der Waals surface area contributed by atoms with Crippen LogP contribution in [0.3, 0.4) is 0 Å². The van der Waals surface area contributed by atoms with E-state index in [2.05, 4.69) is 12.2 Å². The first kappa shape index (κ1) is 12.8. The summed E-state index contributed by atoms with van der Waals surface area (Å²) in [5.74, 6) is -0.0688. The van der Waals surface area contributed by atoms with Crippen molar-refractivity contribution in [3.05, 3.63) is 29.8 Å². The van der Waals surface area contributed by atoms with Crippen molar-refractivity contribution in [1.29, 1.82) is 5.41 Å². The molecule has 1 aromatic carbocycles. The Hall–Kier alpha value is -1.29. The van der Waals surface area contributed by atoms with Gasteiger partial charge < -0.3 is 5.32 Å². The molecular weight excluding hydrogens is 220 g/mol. The number of thioether (sulfide) groups is 1. The fraction of sp³-hybridized carbons (Fsp3) is 0.333. The topological polar surface area (TPSA) is 53.0 Å². The lowest BCUT2D eigenvalue weighted by Crippen LogP contribution is -2.06. The number of carbonyl (C=O) groups excluding carboxylic acids is 1. The molecule has 86 valence electrons. The monoisotopic (exact) mass is 236 g/mol. The minimum absolute atomic E-state index is 0.0688. The molecule has 0 aliphatic heterocycles. The van der Waals surface area contributed by atoms with E-state index in [-0.39, 0.29) is 11.2 Å². The van der Waals surface area contributed by atoms with E-state index in [1.807, 2.05) is 24.3 Å². The number of amides is 1. The van der Waals surface area contributed by atoms with E-state index in [4.69, 9.17) is 5.41 Å². The van der Waals surface area contributed by atoms with Gasteiger partial charge >= 0.3 is 0 Å². The predicted octanol–water partition coefficient (Wildman–Crippen LogP) is 3.44. The molecule has 1 amide bonds. The Morgan fingerprint density at radius 1 is 1.44 bits per heavy atom. The van der Waals surface area contributed by atoms with Crippen LogP contribution in [0.4, 0.5) is 5.69 Å². The summed E-state index contributed by atoms with van der Waals surface area (Å²) in [5.41, 5.74) is 1.92. The predicted molar refractivity (Wildman–Crippen MR) is 70.2 cm³/mol. The molecule has 0 radical (unpaired) electrons. The highest BCUT2D eigenvalue weighted by Crippen LogP contribution is 2.29. The zero-order chi connectivity index (χ0) is 12.1. The van der Waals surface area contributed by atoms with E-state index in [1.54, 1.807) is 6.92 Å². The number of nitrogens with one attached hydrogen (secondary N) is 2. The number of rotatable bonds is 3. The molecule has 16 heavy (non-hydrogen) atoms. The maximum atomic E-state index is 10.9. The van der Waals surface area contributed by atoms with E-state index < -0.39 is 0 Å². The Labute approximate surface area is 100 Å². The van der Waals surface area contributed by atoms with E-state index in [0.29, 0.717) is 5.04 Å². The molecule has 0 fully saturated rings. The molecule has 0 spiro atoms. The van der Waals surface area contributed by atoms with Gasteiger partial charge in [-0.05, 0) is 31.5 Å². The third-order valence-electron chi connectivity index (χ3n) is 2.03. The van der Waals surface area contributed by atoms with Crippen molar-refractivity contribution in [3.8, 4) is 0 Å². The smallest absolute Gasteiger partial charge is 0.221 e. The fourth-order valence-electron chi connectivity index (χ4n) is 1.41. The number of hydrogen-bond acceptors (Lipinski definition) is 3. The molecule has 0 aliphatic rings. The molecule has 2 N–H and O–H groups in total. The van der Waals surface area contributed by atoms with Crippen molar-refractivity contribution in [2.45, 2.75) is 26.0 Å². The lowest BCUT2D eigenvalue weighted by atomic mass is 10.1. The molecule has 1 rings (SSSR count). The summed E-state index contributed by atoms with van der Waals surface area (Å²) in [5, 5.41) is 11.0. The van der Waals surface area contributed by atoms with Gasteiger partial charge in [0.15, 0.2) is 0 Å². The highest BCUT2D eigenvalue weighted by atomic mass is 32.2. The van der Waals surface area contributed by atoms with Crippen LogP contribution in [0.25, 0.3) is 0 Å². The zero-order valence-corrected chi connectivity index (χ0v) is 10.5.